The maximum atomic E-state index is 14.6. The third kappa shape index (κ3) is 4.47. The summed E-state index contributed by atoms with van der Waals surface area (Å²) in [6.45, 7) is 0. The number of anilines is 1. The Balaban J connectivity index is 2.03. The molecule has 3 rings (SSSR count). The molecule has 1 amide bonds. The van der Waals surface area contributed by atoms with E-state index in [1.807, 2.05) is 0 Å². The van der Waals surface area contributed by atoms with Crippen molar-refractivity contribution in [1.82, 2.24) is 0 Å². The highest BCUT2D eigenvalue weighted by atomic mass is 19.4. The maximum Gasteiger partial charge on any atom is 0.573 e. The number of nitrogens with zero attached hydrogens (tertiary/aromatic N) is 1. The Morgan fingerprint density at radius 3 is 2.26 bits per heavy atom. The molecule has 0 saturated heterocycles. The quantitative estimate of drug-likeness (QED) is 0.483. The third-order valence-electron chi connectivity index (χ3n) is 4.49. The lowest BCUT2D eigenvalue weighted by Gasteiger charge is -2.15. The van der Waals surface area contributed by atoms with Crippen LogP contribution in [0.1, 0.15) is 19.3 Å². The first-order valence-corrected chi connectivity index (χ1v) is 8.69. The third-order valence-corrected chi connectivity index (χ3v) is 4.49. The topological polar surface area (TPSA) is 62.1 Å². The Kier molecular flexibility index (Phi) is 5.92. The minimum atomic E-state index is -5.10. The van der Waals surface area contributed by atoms with Gasteiger partial charge in [-0.05, 0) is 37.0 Å². The van der Waals surface area contributed by atoms with Crippen molar-refractivity contribution in [3.8, 4) is 22.9 Å². The average Bonchev–Trinajstić information content (AvgIpc) is 3.18. The molecular weight excluding hydrogens is 433 g/mol. The lowest BCUT2D eigenvalue weighted by Crippen LogP contribution is -2.18. The van der Waals surface area contributed by atoms with E-state index in [2.05, 4.69) is 4.74 Å². The summed E-state index contributed by atoms with van der Waals surface area (Å²) in [5, 5.41) is 10.7. The number of benzene rings is 2. The molecule has 2 aromatic carbocycles. The summed E-state index contributed by atoms with van der Waals surface area (Å²) < 4.78 is 98.9. The van der Waals surface area contributed by atoms with Crippen molar-refractivity contribution in [1.29, 1.82) is 5.26 Å². The number of rotatable bonds is 4. The van der Waals surface area contributed by atoms with Gasteiger partial charge in [0.1, 0.15) is 11.4 Å². The summed E-state index contributed by atoms with van der Waals surface area (Å²) in [5.74, 6) is -9.72. The van der Waals surface area contributed by atoms with E-state index in [0.717, 1.165) is 18.2 Å². The molecule has 0 spiro atoms. The van der Waals surface area contributed by atoms with E-state index in [1.165, 1.54) is 0 Å². The van der Waals surface area contributed by atoms with Gasteiger partial charge in [0, 0.05) is 11.1 Å². The molecule has 0 bridgehead atoms. The minimum Gasteiger partial charge on any atom is -0.406 e. The van der Waals surface area contributed by atoms with Gasteiger partial charge in [-0.25, -0.2) is 17.6 Å². The van der Waals surface area contributed by atoms with E-state index in [1.54, 1.807) is 11.4 Å². The van der Waals surface area contributed by atoms with Gasteiger partial charge in [0.2, 0.25) is 0 Å². The highest BCUT2D eigenvalue weighted by molar-refractivity contribution is 6.05. The Labute approximate surface area is 170 Å². The molecule has 162 valence electrons. The first-order chi connectivity index (χ1) is 14.5. The molecular formula is C20H11F7N2O2. The van der Waals surface area contributed by atoms with Crippen LogP contribution in [0, 0.1) is 34.6 Å². The van der Waals surface area contributed by atoms with Crippen LogP contribution in [0.25, 0.3) is 11.1 Å². The molecule has 0 saturated carbocycles. The van der Waals surface area contributed by atoms with Gasteiger partial charge < -0.3 is 10.1 Å². The molecule has 0 atom stereocenters. The summed E-state index contributed by atoms with van der Waals surface area (Å²) in [6.07, 6.45) is -4.22. The second-order valence-corrected chi connectivity index (χ2v) is 6.46. The molecule has 1 N–H and O–H groups in total. The molecule has 1 aliphatic rings. The SMILES string of the molecule is N#CC1=C(C(=O)Nc2c(F)c(F)c(-c3cccc(OC(F)(F)F)c3)c(F)c2F)CCC1. The summed E-state index contributed by atoms with van der Waals surface area (Å²) in [5.41, 5.74) is -3.28. The molecule has 31 heavy (non-hydrogen) atoms. The molecule has 0 aromatic heterocycles. The fourth-order valence-electron chi connectivity index (χ4n) is 3.15. The van der Waals surface area contributed by atoms with E-state index in [9.17, 15) is 35.5 Å². The van der Waals surface area contributed by atoms with Gasteiger partial charge in [0.25, 0.3) is 5.91 Å². The number of alkyl halides is 3. The summed E-state index contributed by atoms with van der Waals surface area (Å²) in [6, 6.07) is 5.02. The number of nitriles is 1. The van der Waals surface area contributed by atoms with Gasteiger partial charge in [-0.15, -0.1) is 13.2 Å². The molecule has 0 aliphatic heterocycles. The maximum absolute atomic E-state index is 14.6. The minimum absolute atomic E-state index is 0.0526. The molecule has 0 unspecified atom stereocenters. The number of hydrogen-bond acceptors (Lipinski definition) is 3. The van der Waals surface area contributed by atoms with Crippen LogP contribution in [0.2, 0.25) is 0 Å². The standard InChI is InChI=1S/C20H11F7N2O2/c21-14-13(9-3-1-5-11(7-9)31-20(25,26)27)15(22)17(24)18(16(14)23)29-19(30)12-6-2-4-10(12)8-28/h1,3,5,7H,2,4,6H2,(H,29,30). The number of nitrogens with one attached hydrogen (secondary N) is 1. The van der Waals surface area contributed by atoms with Crippen LogP contribution >= 0.6 is 0 Å². The van der Waals surface area contributed by atoms with Crippen molar-refractivity contribution >= 4 is 11.6 Å². The summed E-state index contributed by atoms with van der Waals surface area (Å²) in [4.78, 5) is 12.2. The van der Waals surface area contributed by atoms with Gasteiger partial charge in [-0.3, -0.25) is 4.79 Å². The number of allylic oxidation sites excluding steroid dienone is 1. The fraction of sp³-hybridized carbons (Fsp3) is 0.200. The van der Waals surface area contributed by atoms with Gasteiger partial charge >= 0.3 is 6.36 Å². The Bertz CT molecular complexity index is 1100. The van der Waals surface area contributed by atoms with Crippen LogP contribution in [0.3, 0.4) is 0 Å². The summed E-state index contributed by atoms with van der Waals surface area (Å²) >= 11 is 0. The number of carbonyl (C=O) groups is 1. The van der Waals surface area contributed by atoms with E-state index >= 15 is 0 Å². The predicted molar refractivity (Wildman–Crippen MR) is 93.5 cm³/mol. The lowest BCUT2D eigenvalue weighted by molar-refractivity contribution is -0.274. The number of ether oxygens (including phenoxy) is 1. The highest BCUT2D eigenvalue weighted by Gasteiger charge is 2.32. The predicted octanol–water partition coefficient (Wildman–Crippen LogP) is 5.75. The Hall–Kier alpha value is -3.55. The number of carbonyl (C=O) groups excluding carboxylic acids is 1. The van der Waals surface area contributed by atoms with E-state index in [0.29, 0.717) is 12.5 Å². The van der Waals surface area contributed by atoms with Crippen LogP contribution in [-0.4, -0.2) is 12.3 Å². The van der Waals surface area contributed by atoms with Gasteiger partial charge in [0.05, 0.1) is 11.6 Å². The second-order valence-electron chi connectivity index (χ2n) is 6.46. The average molecular weight is 444 g/mol. The van der Waals surface area contributed by atoms with Crippen molar-refractivity contribution in [3.63, 3.8) is 0 Å². The monoisotopic (exact) mass is 444 g/mol. The van der Waals surface area contributed by atoms with Crippen LogP contribution in [0.15, 0.2) is 35.4 Å². The summed E-state index contributed by atoms with van der Waals surface area (Å²) in [7, 11) is 0. The van der Waals surface area contributed by atoms with Crippen molar-refractivity contribution in [2.75, 3.05) is 5.32 Å². The smallest absolute Gasteiger partial charge is 0.406 e. The van der Waals surface area contributed by atoms with Crippen molar-refractivity contribution in [2.24, 2.45) is 0 Å². The number of halogens is 7. The van der Waals surface area contributed by atoms with Gasteiger partial charge in [0.15, 0.2) is 23.3 Å². The fourth-order valence-corrected chi connectivity index (χ4v) is 3.15. The molecule has 2 aromatic rings. The molecule has 4 nitrogen and oxygen atoms in total. The zero-order valence-corrected chi connectivity index (χ0v) is 15.3. The van der Waals surface area contributed by atoms with Gasteiger partial charge in [-0.2, -0.15) is 5.26 Å². The first kappa shape index (κ1) is 22.1. The molecule has 11 heteroatoms. The van der Waals surface area contributed by atoms with E-state index < -0.39 is 58.1 Å². The van der Waals surface area contributed by atoms with Crippen LogP contribution in [0.5, 0.6) is 5.75 Å². The highest BCUT2D eigenvalue weighted by Crippen LogP contribution is 2.37. The largest absolute Gasteiger partial charge is 0.573 e. The van der Waals surface area contributed by atoms with Crippen LogP contribution in [-0.2, 0) is 4.79 Å². The first-order valence-electron chi connectivity index (χ1n) is 8.69. The zero-order valence-electron chi connectivity index (χ0n) is 15.3. The normalized spacial score (nSPS) is 13.9. The second kappa shape index (κ2) is 8.29. The Morgan fingerprint density at radius 1 is 1.03 bits per heavy atom. The van der Waals surface area contributed by atoms with Crippen molar-refractivity contribution < 1.29 is 40.3 Å². The molecule has 0 heterocycles. The zero-order chi connectivity index (χ0) is 22.9. The van der Waals surface area contributed by atoms with Crippen molar-refractivity contribution in [2.45, 2.75) is 25.6 Å². The van der Waals surface area contributed by atoms with Crippen LogP contribution in [0.4, 0.5) is 36.4 Å². The Morgan fingerprint density at radius 2 is 1.68 bits per heavy atom. The number of amides is 1. The van der Waals surface area contributed by atoms with Gasteiger partial charge in [-0.1, -0.05) is 12.1 Å². The molecule has 1 aliphatic carbocycles. The van der Waals surface area contributed by atoms with Crippen molar-refractivity contribution in [3.05, 3.63) is 58.7 Å². The number of hydrogen-bond donors (Lipinski definition) is 1. The lowest BCUT2D eigenvalue weighted by atomic mass is 10.0. The van der Waals surface area contributed by atoms with E-state index in [4.69, 9.17) is 5.26 Å². The van der Waals surface area contributed by atoms with Crippen LogP contribution < -0.4 is 10.1 Å². The van der Waals surface area contributed by atoms with E-state index in [-0.39, 0.29) is 24.0 Å². The molecule has 0 radical (unpaired) electrons. The molecule has 0 fully saturated rings.